The first-order valence-electron chi connectivity index (χ1n) is 10.2. The van der Waals surface area contributed by atoms with Crippen molar-refractivity contribution in [3.05, 3.63) is 48.0 Å². The van der Waals surface area contributed by atoms with Gasteiger partial charge in [-0.25, -0.2) is 13.3 Å². The molecule has 0 N–H and O–H groups in total. The van der Waals surface area contributed by atoms with Crippen LogP contribution in [0, 0.1) is 11.5 Å². The fraction of sp³-hybridized carbons (Fsp3) is 0.542. The molecule has 1 aromatic rings. The Morgan fingerprint density at radius 1 is 1.13 bits per heavy atom. The normalized spacial score (nSPS) is 13.4. The monoisotopic (exact) mass is 447 g/mol. The van der Waals surface area contributed by atoms with Gasteiger partial charge in [-0.05, 0) is 53.1 Å². The summed E-state index contributed by atoms with van der Waals surface area (Å²) in [6.07, 6.45) is 0. The summed E-state index contributed by atoms with van der Waals surface area (Å²) in [5.41, 5.74) is 4.43. The topological polar surface area (TPSA) is 46.6 Å². The molecule has 0 unspecified atom stereocenters. The first-order chi connectivity index (χ1) is 13.6. The number of carbonyl (C=O) groups excluding carboxylic acids is 1. The van der Waals surface area contributed by atoms with Crippen LogP contribution in [0.2, 0.25) is 13.1 Å². The highest BCUT2D eigenvalue weighted by atomic mass is 32.2. The van der Waals surface area contributed by atoms with Gasteiger partial charge in [0, 0.05) is 12.1 Å². The molecule has 0 spiro atoms. The van der Waals surface area contributed by atoms with Gasteiger partial charge < -0.3 is 4.74 Å². The zero-order valence-electron chi connectivity index (χ0n) is 19.8. The summed E-state index contributed by atoms with van der Waals surface area (Å²) in [6, 6.07) is 11.3. The largest absolute Gasteiger partial charge is 0.457 e. The average molecular weight is 448 g/mol. The molecule has 0 radical (unpaired) electrons. The van der Waals surface area contributed by atoms with E-state index in [0.717, 1.165) is 6.04 Å². The number of esters is 1. The van der Waals surface area contributed by atoms with E-state index in [1.54, 1.807) is 4.31 Å². The first-order valence-corrected chi connectivity index (χ1v) is 14.5. The van der Waals surface area contributed by atoms with Crippen molar-refractivity contribution in [3.63, 3.8) is 0 Å². The van der Waals surface area contributed by atoms with Gasteiger partial charge in [0.1, 0.15) is 24.7 Å². The van der Waals surface area contributed by atoms with Crippen LogP contribution in [-0.2, 0) is 26.6 Å². The minimum atomic E-state index is -1.79. The zero-order valence-corrected chi connectivity index (χ0v) is 21.6. The van der Waals surface area contributed by atoms with Crippen LogP contribution in [0.15, 0.2) is 42.5 Å². The lowest BCUT2D eigenvalue weighted by Gasteiger charge is -2.28. The molecule has 0 aliphatic carbocycles. The number of hydrogen-bond donors (Lipinski definition) is 0. The van der Waals surface area contributed by atoms with E-state index in [1.165, 1.54) is 5.56 Å². The van der Waals surface area contributed by atoms with Crippen LogP contribution < -0.4 is 0 Å². The Kier molecular flexibility index (Phi) is 9.28. The Labute approximate surface area is 186 Å². The van der Waals surface area contributed by atoms with Crippen molar-refractivity contribution < 1.29 is 13.7 Å². The van der Waals surface area contributed by atoms with Crippen molar-refractivity contribution in [2.75, 3.05) is 13.1 Å². The highest BCUT2D eigenvalue weighted by molar-refractivity contribution is 7.84. The molecule has 0 aliphatic heterocycles. The summed E-state index contributed by atoms with van der Waals surface area (Å²) in [6.45, 7) is 20.0. The summed E-state index contributed by atoms with van der Waals surface area (Å²) in [4.78, 5) is 12.3. The van der Waals surface area contributed by atoms with Gasteiger partial charge in [-0.2, -0.15) is 0 Å². The van der Waals surface area contributed by atoms with E-state index in [4.69, 9.17) is 4.74 Å². The number of carbonyl (C=O) groups is 1. The summed E-state index contributed by atoms with van der Waals surface area (Å²) in [7, 11) is -3.11. The van der Waals surface area contributed by atoms with E-state index < -0.39 is 35.4 Å². The summed E-state index contributed by atoms with van der Waals surface area (Å²) >= 11 is 0. The third kappa shape index (κ3) is 9.88. The third-order valence-electron chi connectivity index (χ3n) is 3.98. The Hall–Kier alpha value is -1.68. The standard InChI is InChI=1S/C24H37NO3SSi/c1-20(22(26)28-23(2,3)4)18-25(29(27)24(5,6)7)16-13-17-30(8,9)19-21-14-11-10-12-15-21/h10-12,14-15H,1,16,18-19H2,2-9H3/t29-/m1/s1. The second-order valence-corrected chi connectivity index (χ2v) is 16.7. The van der Waals surface area contributed by atoms with Crippen molar-refractivity contribution in [1.82, 2.24) is 4.31 Å². The van der Waals surface area contributed by atoms with Gasteiger partial charge in [-0.3, -0.25) is 0 Å². The fourth-order valence-corrected chi connectivity index (χ4v) is 5.84. The van der Waals surface area contributed by atoms with E-state index in [0.29, 0.717) is 6.54 Å². The molecular weight excluding hydrogens is 410 g/mol. The smallest absolute Gasteiger partial charge is 0.335 e. The van der Waals surface area contributed by atoms with Crippen LogP contribution in [0.1, 0.15) is 47.1 Å². The third-order valence-corrected chi connectivity index (χ3v) is 7.90. The van der Waals surface area contributed by atoms with Gasteiger partial charge in [0.05, 0.1) is 11.3 Å². The Morgan fingerprint density at radius 3 is 2.20 bits per heavy atom. The lowest BCUT2D eigenvalue weighted by molar-refractivity contribution is -0.150. The van der Waals surface area contributed by atoms with Gasteiger partial charge in [0.2, 0.25) is 0 Å². The summed E-state index contributed by atoms with van der Waals surface area (Å²) in [5.74, 6) is 2.78. The molecule has 1 atom stereocenters. The van der Waals surface area contributed by atoms with Crippen LogP contribution in [0.3, 0.4) is 0 Å². The van der Waals surface area contributed by atoms with E-state index in [1.807, 2.05) is 59.7 Å². The van der Waals surface area contributed by atoms with E-state index in [2.05, 4.69) is 43.3 Å². The lowest BCUT2D eigenvalue weighted by Crippen LogP contribution is -2.40. The molecule has 6 heteroatoms. The van der Waals surface area contributed by atoms with Crippen molar-refractivity contribution in [2.45, 2.75) is 71.0 Å². The van der Waals surface area contributed by atoms with Crippen LogP contribution in [0.25, 0.3) is 0 Å². The maximum absolute atomic E-state index is 13.0. The summed E-state index contributed by atoms with van der Waals surface area (Å²) < 4.78 is 19.7. The molecule has 0 aliphatic rings. The van der Waals surface area contributed by atoms with Gasteiger partial charge in [0.15, 0.2) is 0 Å². The Morgan fingerprint density at radius 2 is 1.70 bits per heavy atom. The van der Waals surface area contributed by atoms with Gasteiger partial charge >= 0.3 is 5.97 Å². The fourth-order valence-electron chi connectivity index (χ4n) is 2.71. The molecule has 0 bridgehead atoms. The Bertz CT molecular complexity index is 824. The predicted octanol–water partition coefficient (Wildman–Crippen LogP) is 4.68. The molecule has 0 aromatic heterocycles. The Balaban J connectivity index is 2.93. The zero-order chi connectivity index (χ0) is 23.2. The molecule has 30 heavy (non-hydrogen) atoms. The lowest BCUT2D eigenvalue weighted by atomic mass is 10.2. The number of hydrogen-bond acceptors (Lipinski definition) is 3. The second-order valence-electron chi connectivity index (χ2n) is 10.1. The number of rotatable bonds is 7. The van der Waals surface area contributed by atoms with E-state index >= 15 is 0 Å². The molecule has 0 fully saturated rings. The average Bonchev–Trinajstić information content (AvgIpc) is 2.58. The van der Waals surface area contributed by atoms with Gasteiger partial charge in [-0.15, -0.1) is 5.54 Å². The van der Waals surface area contributed by atoms with Crippen LogP contribution >= 0.6 is 0 Å². The highest BCUT2D eigenvalue weighted by Gasteiger charge is 2.28. The quantitative estimate of drug-likeness (QED) is 0.264. The molecular formula is C24H37NO3SSi. The molecule has 166 valence electrons. The maximum Gasteiger partial charge on any atom is 0.335 e. The van der Waals surface area contributed by atoms with Gasteiger partial charge in [0.25, 0.3) is 0 Å². The minimum Gasteiger partial charge on any atom is -0.457 e. The van der Waals surface area contributed by atoms with Gasteiger partial charge in [-0.1, -0.05) is 55.9 Å². The van der Waals surface area contributed by atoms with Crippen molar-refractivity contribution in [3.8, 4) is 11.5 Å². The van der Waals surface area contributed by atoms with Crippen LogP contribution in [0.5, 0.6) is 0 Å². The molecule has 0 heterocycles. The second kappa shape index (κ2) is 10.6. The highest BCUT2D eigenvalue weighted by Crippen LogP contribution is 2.18. The maximum atomic E-state index is 13.0. The molecule has 0 saturated carbocycles. The molecule has 0 saturated heterocycles. The molecule has 1 rings (SSSR count). The molecule has 4 nitrogen and oxygen atoms in total. The SMILES string of the molecule is C=C(CN(CC#C[Si](C)(C)Cc1ccccc1)[S@](=O)C(C)(C)C)C(=O)OC(C)(C)C. The van der Waals surface area contributed by atoms with Crippen LogP contribution in [-0.4, -0.2) is 46.0 Å². The molecule has 1 aromatic carbocycles. The van der Waals surface area contributed by atoms with E-state index in [9.17, 15) is 9.00 Å². The minimum absolute atomic E-state index is 0.161. The molecule has 0 amide bonds. The number of benzene rings is 1. The number of ether oxygens (including phenoxy) is 1. The predicted molar refractivity (Wildman–Crippen MR) is 130 cm³/mol. The first kappa shape index (κ1) is 26.4. The van der Waals surface area contributed by atoms with Crippen molar-refractivity contribution >= 4 is 25.0 Å². The van der Waals surface area contributed by atoms with Crippen molar-refractivity contribution in [1.29, 1.82) is 0 Å². The van der Waals surface area contributed by atoms with E-state index in [-0.39, 0.29) is 12.1 Å². The van der Waals surface area contributed by atoms with Crippen molar-refractivity contribution in [2.24, 2.45) is 0 Å². The number of nitrogens with zero attached hydrogens (tertiary/aromatic N) is 1. The van der Waals surface area contributed by atoms with Crippen LogP contribution in [0.4, 0.5) is 0 Å². The summed E-state index contributed by atoms with van der Waals surface area (Å²) in [5, 5.41) is 0.